The maximum absolute atomic E-state index is 12.1. The van der Waals surface area contributed by atoms with Gasteiger partial charge >= 0.3 is 11.9 Å². The number of methoxy groups -OCH3 is 1. The van der Waals surface area contributed by atoms with Crippen LogP contribution in [-0.2, 0) is 34.7 Å². The summed E-state index contributed by atoms with van der Waals surface area (Å²) in [4.78, 5) is 34.7. The molecule has 1 atom stereocenters. The Morgan fingerprint density at radius 3 is 1.33 bits per heavy atom. The second-order valence-corrected chi connectivity index (χ2v) is 19.8. The highest BCUT2D eigenvalue weighted by molar-refractivity contribution is 5.84. The van der Waals surface area contributed by atoms with Crippen molar-refractivity contribution in [3.05, 3.63) is 141 Å². The number of esters is 2. The second-order valence-electron chi connectivity index (χ2n) is 19.8. The van der Waals surface area contributed by atoms with Crippen LogP contribution in [0.5, 0.6) is 11.5 Å². The molecule has 1 heterocycles. The lowest BCUT2D eigenvalue weighted by molar-refractivity contribution is -0.142. The summed E-state index contributed by atoms with van der Waals surface area (Å²) in [5, 5.41) is 21.3. The molecule has 0 radical (unpaired) electrons. The van der Waals surface area contributed by atoms with Crippen LogP contribution < -0.4 is 9.47 Å². The molecule has 1 aliphatic rings. The minimum Gasteiger partial charge on any atom is -0.489 e. The molecule has 392 valence electrons. The third kappa shape index (κ3) is 14.8. The van der Waals surface area contributed by atoms with Gasteiger partial charge in [-0.2, -0.15) is 0 Å². The molecule has 1 fully saturated rings. The van der Waals surface area contributed by atoms with Crippen LogP contribution in [0.25, 0.3) is 12.2 Å². The Morgan fingerprint density at radius 2 is 0.986 bits per heavy atom. The third-order valence-corrected chi connectivity index (χ3v) is 15.7. The third-order valence-electron chi connectivity index (χ3n) is 15.7. The molecule has 0 aliphatic carbocycles. The van der Waals surface area contributed by atoms with Gasteiger partial charge in [-0.1, -0.05) is 140 Å². The Morgan fingerprint density at radius 1 is 0.583 bits per heavy atom. The molecular formula is C63H86O9. The normalized spacial score (nSPS) is 14.3. The molecule has 0 amide bonds. The Kier molecular flexibility index (Phi) is 22.1. The van der Waals surface area contributed by atoms with Crippen LogP contribution in [0.15, 0.2) is 84.9 Å². The number of ketones is 1. The van der Waals surface area contributed by atoms with E-state index < -0.39 is 17.2 Å². The number of aryl methyl sites for hydroxylation is 4. The van der Waals surface area contributed by atoms with E-state index in [1.165, 1.54) is 40.5 Å². The molecular weight excluding hydrogens is 901 g/mol. The summed E-state index contributed by atoms with van der Waals surface area (Å²) in [6.45, 7) is 25.7. The fourth-order valence-corrected chi connectivity index (χ4v) is 9.92. The van der Waals surface area contributed by atoms with Crippen molar-refractivity contribution in [1.82, 2.24) is 0 Å². The van der Waals surface area contributed by atoms with Crippen LogP contribution in [0.1, 0.15) is 188 Å². The van der Waals surface area contributed by atoms with Crippen molar-refractivity contribution in [3.8, 4) is 11.5 Å². The highest BCUT2D eigenvalue weighted by Gasteiger charge is 2.33. The summed E-state index contributed by atoms with van der Waals surface area (Å²) in [5.74, 6) is 0.851. The fraction of sp³-hybridized carbons (Fsp3) is 0.508. The smallest absolute Gasteiger partial charge is 0.306 e. The van der Waals surface area contributed by atoms with E-state index in [-0.39, 0.29) is 48.1 Å². The van der Waals surface area contributed by atoms with E-state index in [9.17, 15) is 24.6 Å². The van der Waals surface area contributed by atoms with E-state index in [0.717, 1.165) is 60.1 Å². The van der Waals surface area contributed by atoms with Crippen molar-refractivity contribution in [1.29, 1.82) is 0 Å². The van der Waals surface area contributed by atoms with Crippen LogP contribution in [-0.4, -0.2) is 65.6 Å². The van der Waals surface area contributed by atoms with Gasteiger partial charge in [0.15, 0.2) is 5.78 Å². The number of Topliss-reactive ketones (excluding diaryl/α,β-unsaturated/α-hetero) is 1. The predicted molar refractivity (Wildman–Crippen MR) is 293 cm³/mol. The van der Waals surface area contributed by atoms with Crippen LogP contribution in [0.2, 0.25) is 0 Å². The first-order valence-electron chi connectivity index (χ1n) is 26.6. The predicted octanol–water partition coefficient (Wildman–Crippen LogP) is 13.9. The van der Waals surface area contributed by atoms with Gasteiger partial charge in [0.2, 0.25) is 0 Å². The summed E-state index contributed by atoms with van der Waals surface area (Å²) < 4.78 is 21.7. The monoisotopic (exact) mass is 987 g/mol. The van der Waals surface area contributed by atoms with Gasteiger partial charge in [-0.3, -0.25) is 14.4 Å². The number of carbonyl (C=O) groups excluding carboxylic acids is 3. The lowest BCUT2D eigenvalue weighted by atomic mass is 9.70. The summed E-state index contributed by atoms with van der Waals surface area (Å²) in [7, 11) is 1.31. The molecule has 0 unspecified atom stereocenters. The molecule has 1 aliphatic heterocycles. The van der Waals surface area contributed by atoms with E-state index in [1.54, 1.807) is 0 Å². The van der Waals surface area contributed by atoms with Gasteiger partial charge in [0, 0.05) is 23.7 Å². The molecule has 1 saturated heterocycles. The molecule has 0 bridgehead atoms. The maximum Gasteiger partial charge on any atom is 0.306 e. The Bertz CT molecular complexity index is 2480. The van der Waals surface area contributed by atoms with Gasteiger partial charge in [-0.25, -0.2) is 0 Å². The number of hydrogen-bond donors (Lipinski definition) is 2. The first-order valence-corrected chi connectivity index (χ1v) is 26.6. The molecule has 0 saturated carbocycles. The van der Waals surface area contributed by atoms with Crippen molar-refractivity contribution < 1.29 is 43.5 Å². The summed E-state index contributed by atoms with van der Waals surface area (Å²) in [5.41, 5.74) is 10.0. The van der Waals surface area contributed by atoms with Crippen molar-refractivity contribution in [3.63, 3.8) is 0 Å². The van der Waals surface area contributed by atoms with Crippen molar-refractivity contribution in [2.45, 2.75) is 188 Å². The zero-order valence-corrected chi connectivity index (χ0v) is 46.0. The fourth-order valence-electron chi connectivity index (χ4n) is 9.92. The van der Waals surface area contributed by atoms with E-state index in [0.29, 0.717) is 44.5 Å². The summed E-state index contributed by atoms with van der Waals surface area (Å²) in [6, 6.07) is 26.0. The number of carbonyl (C=O) groups is 3. The standard InChI is InChI=1S/C32H44O5.C31H42O4/c1-8-31(35,9-2)19-18-25-12-13-26(20-23(25)5)32(10-3,11-4)27-14-16-29(24(6)21-27)37-22-28(33)15-17-30(34)36-7;1-7-30(33,8-2)18-17-24-11-12-25(19-22(24)5)31(9-3,10-4)26-13-15-28(23(6)20-26)34-21-27-14-16-29(32)35-27/h12-14,16,18-21,35H,8-11,15,17,22H2,1-7H3;11-13,15,17-20,27,33H,7-10,14,16,21H2,1-6H3/b19-18+;18-17+/t;27-/m.1/s1. The molecule has 4 aromatic carbocycles. The molecule has 4 aromatic rings. The zero-order valence-electron chi connectivity index (χ0n) is 46.0. The molecule has 2 N–H and O–H groups in total. The van der Waals surface area contributed by atoms with Gasteiger partial charge in [-0.05, 0) is 153 Å². The highest BCUT2D eigenvalue weighted by atomic mass is 16.6. The number of aliphatic hydroxyl groups is 2. The Hall–Kier alpha value is -5.51. The van der Waals surface area contributed by atoms with Crippen LogP contribution in [0.4, 0.5) is 0 Å². The Labute approximate surface area is 432 Å². The number of rotatable bonds is 25. The van der Waals surface area contributed by atoms with Gasteiger partial charge in [0.05, 0.1) is 24.7 Å². The quantitative estimate of drug-likeness (QED) is 0.0624. The number of benzene rings is 4. The Balaban J connectivity index is 0.000000313. The summed E-state index contributed by atoms with van der Waals surface area (Å²) >= 11 is 0. The van der Waals surface area contributed by atoms with E-state index in [1.807, 2.05) is 58.9 Å². The van der Waals surface area contributed by atoms with Crippen molar-refractivity contribution >= 4 is 29.9 Å². The average molecular weight is 987 g/mol. The van der Waals surface area contributed by atoms with Gasteiger partial charge in [0.25, 0.3) is 0 Å². The lowest BCUT2D eigenvalue weighted by Crippen LogP contribution is -2.26. The molecule has 72 heavy (non-hydrogen) atoms. The molecule has 9 nitrogen and oxygen atoms in total. The van der Waals surface area contributed by atoms with E-state index in [4.69, 9.17) is 14.2 Å². The number of cyclic esters (lactones) is 1. The molecule has 9 heteroatoms. The van der Waals surface area contributed by atoms with Crippen molar-refractivity contribution in [2.75, 3.05) is 20.3 Å². The largest absolute Gasteiger partial charge is 0.489 e. The van der Waals surface area contributed by atoms with Crippen molar-refractivity contribution in [2.24, 2.45) is 0 Å². The highest BCUT2D eigenvalue weighted by Crippen LogP contribution is 2.43. The van der Waals surface area contributed by atoms with Crippen LogP contribution in [0, 0.1) is 27.7 Å². The minimum atomic E-state index is -0.769. The SMILES string of the molecule is CCC(O)(/C=C/c1ccc(C(CC)(CC)c2ccc(OCC(=O)CCC(=O)OC)c(C)c2)cc1C)CC.CCC(O)(/C=C/c1ccc(C(CC)(CC)c2ccc(OC[C@H]3CCC(=O)O3)c(C)c2)cc1C)CC. The molecule has 5 rings (SSSR count). The number of ether oxygens (including phenoxy) is 4. The minimum absolute atomic E-state index is 0.0662. The number of hydrogen-bond acceptors (Lipinski definition) is 9. The summed E-state index contributed by atoms with van der Waals surface area (Å²) in [6.07, 6.45) is 15.8. The van der Waals surface area contributed by atoms with Gasteiger partial charge in [-0.15, -0.1) is 0 Å². The maximum atomic E-state index is 12.1. The zero-order chi connectivity index (χ0) is 53.3. The average Bonchev–Trinajstić information content (AvgIpc) is 3.82. The second kappa shape index (κ2) is 27.0. The van der Waals surface area contributed by atoms with Gasteiger partial charge in [0.1, 0.15) is 30.8 Å². The topological polar surface area (TPSA) is 129 Å². The van der Waals surface area contributed by atoms with Crippen LogP contribution in [0.3, 0.4) is 0 Å². The van der Waals surface area contributed by atoms with Crippen LogP contribution >= 0.6 is 0 Å². The lowest BCUT2D eigenvalue weighted by Gasteiger charge is -2.34. The molecule has 0 aromatic heterocycles. The molecule has 0 spiro atoms. The first kappa shape index (κ1) is 59.1. The van der Waals surface area contributed by atoms with E-state index >= 15 is 0 Å². The first-order chi connectivity index (χ1) is 34.3. The van der Waals surface area contributed by atoms with Gasteiger partial charge < -0.3 is 29.2 Å². The van der Waals surface area contributed by atoms with E-state index in [2.05, 4.69) is 126 Å².